The van der Waals surface area contributed by atoms with Crippen molar-refractivity contribution in [2.75, 3.05) is 19.8 Å². The zero-order valence-electron chi connectivity index (χ0n) is 9.48. The lowest BCUT2D eigenvalue weighted by Crippen LogP contribution is -2.18. The van der Waals surface area contributed by atoms with Gasteiger partial charge >= 0.3 is 0 Å². The van der Waals surface area contributed by atoms with Gasteiger partial charge in [0.25, 0.3) is 0 Å². The van der Waals surface area contributed by atoms with E-state index >= 15 is 0 Å². The van der Waals surface area contributed by atoms with Gasteiger partial charge in [0, 0.05) is 25.3 Å². The molecule has 0 spiro atoms. The van der Waals surface area contributed by atoms with Gasteiger partial charge in [-0.15, -0.1) is 0 Å². The molecule has 0 bridgehead atoms. The van der Waals surface area contributed by atoms with Crippen molar-refractivity contribution in [3.8, 4) is 5.75 Å². The van der Waals surface area contributed by atoms with E-state index in [4.69, 9.17) is 4.74 Å². The molecule has 1 aliphatic heterocycles. The molecule has 0 aromatic heterocycles. The number of hydrogen-bond acceptors (Lipinski definition) is 3. The van der Waals surface area contributed by atoms with Gasteiger partial charge in [0.05, 0.1) is 0 Å². The summed E-state index contributed by atoms with van der Waals surface area (Å²) in [5.74, 6) is 1.09. The van der Waals surface area contributed by atoms with Crippen LogP contribution in [0.3, 0.4) is 0 Å². The Bertz CT molecular complexity index is 321. The molecule has 0 radical (unpaired) electrons. The number of nitrogens with one attached hydrogen (secondary N) is 1. The first-order chi connectivity index (χ1) is 7.86. The maximum Gasteiger partial charge on any atom is 0.120 e. The second kappa shape index (κ2) is 5.87. The fraction of sp³-hybridized carbons (Fsp3) is 0.538. The van der Waals surface area contributed by atoms with Crippen LogP contribution in [-0.2, 0) is 11.3 Å². The van der Waals surface area contributed by atoms with E-state index in [1.165, 1.54) is 6.42 Å². The first-order valence-corrected chi connectivity index (χ1v) is 5.91. The van der Waals surface area contributed by atoms with Crippen molar-refractivity contribution in [1.82, 2.24) is 5.32 Å². The Labute approximate surface area is 96.4 Å². The Kier molecular flexibility index (Phi) is 4.19. The van der Waals surface area contributed by atoms with Crippen LogP contribution < -0.4 is 5.32 Å². The van der Waals surface area contributed by atoms with Crippen molar-refractivity contribution in [1.29, 1.82) is 0 Å². The number of benzene rings is 1. The van der Waals surface area contributed by atoms with Crippen LogP contribution in [0.1, 0.15) is 18.4 Å². The molecule has 0 amide bonds. The Morgan fingerprint density at radius 1 is 1.38 bits per heavy atom. The molecule has 88 valence electrons. The molecule has 2 N–H and O–H groups in total. The first-order valence-electron chi connectivity index (χ1n) is 5.91. The van der Waals surface area contributed by atoms with Crippen molar-refractivity contribution in [2.24, 2.45) is 5.92 Å². The van der Waals surface area contributed by atoms with Gasteiger partial charge in [-0.3, -0.25) is 0 Å². The number of ether oxygens (including phenoxy) is 1. The Morgan fingerprint density at radius 3 is 3.00 bits per heavy atom. The smallest absolute Gasteiger partial charge is 0.120 e. The van der Waals surface area contributed by atoms with E-state index in [0.29, 0.717) is 5.75 Å². The topological polar surface area (TPSA) is 41.5 Å². The monoisotopic (exact) mass is 221 g/mol. The third-order valence-electron chi connectivity index (χ3n) is 3.06. The third-order valence-corrected chi connectivity index (χ3v) is 3.06. The molecule has 1 aromatic carbocycles. The molecule has 1 unspecified atom stereocenters. The fourth-order valence-corrected chi connectivity index (χ4v) is 2.00. The van der Waals surface area contributed by atoms with Gasteiger partial charge in [-0.05, 0) is 31.4 Å². The summed E-state index contributed by atoms with van der Waals surface area (Å²) in [4.78, 5) is 0. The molecule has 1 atom stereocenters. The number of para-hydroxylation sites is 1. The largest absolute Gasteiger partial charge is 0.508 e. The quantitative estimate of drug-likeness (QED) is 0.746. The number of phenolic OH excluding ortho intramolecular Hbond substituents is 1. The Balaban J connectivity index is 1.66. The number of aromatic hydroxyl groups is 1. The molecule has 2 rings (SSSR count). The summed E-state index contributed by atoms with van der Waals surface area (Å²) in [6, 6.07) is 7.46. The maximum atomic E-state index is 9.56. The molecule has 1 aromatic rings. The average Bonchev–Trinajstić information content (AvgIpc) is 2.79. The zero-order valence-corrected chi connectivity index (χ0v) is 9.48. The van der Waals surface area contributed by atoms with Gasteiger partial charge in [0.15, 0.2) is 0 Å². The van der Waals surface area contributed by atoms with Gasteiger partial charge in [-0.1, -0.05) is 18.2 Å². The van der Waals surface area contributed by atoms with Gasteiger partial charge < -0.3 is 15.2 Å². The molecule has 1 aliphatic rings. The summed E-state index contributed by atoms with van der Waals surface area (Å²) in [7, 11) is 0. The molecular formula is C13H19NO2. The lowest BCUT2D eigenvalue weighted by molar-refractivity contribution is 0.184. The maximum absolute atomic E-state index is 9.56. The van der Waals surface area contributed by atoms with Crippen LogP contribution in [0.5, 0.6) is 5.75 Å². The lowest BCUT2D eigenvalue weighted by atomic mass is 10.1. The molecule has 3 heteroatoms. The van der Waals surface area contributed by atoms with Gasteiger partial charge in [-0.2, -0.15) is 0 Å². The highest BCUT2D eigenvalue weighted by molar-refractivity contribution is 5.31. The van der Waals surface area contributed by atoms with Crippen LogP contribution in [-0.4, -0.2) is 24.9 Å². The van der Waals surface area contributed by atoms with Crippen LogP contribution in [0.25, 0.3) is 0 Å². The third kappa shape index (κ3) is 3.22. The second-order valence-electron chi connectivity index (χ2n) is 4.32. The summed E-state index contributed by atoms with van der Waals surface area (Å²) in [6.45, 7) is 3.56. The lowest BCUT2D eigenvalue weighted by Gasteiger charge is -2.09. The van der Waals surface area contributed by atoms with E-state index in [9.17, 15) is 5.11 Å². The molecule has 1 heterocycles. The minimum Gasteiger partial charge on any atom is -0.508 e. The molecule has 3 nitrogen and oxygen atoms in total. The SMILES string of the molecule is Oc1ccccc1CNCCC1CCOC1. The zero-order chi connectivity index (χ0) is 11.2. The molecule has 0 saturated carbocycles. The minimum atomic E-state index is 0.374. The average molecular weight is 221 g/mol. The number of hydrogen-bond donors (Lipinski definition) is 2. The summed E-state index contributed by atoms with van der Waals surface area (Å²) in [5.41, 5.74) is 0.963. The first kappa shape index (κ1) is 11.4. The van der Waals surface area contributed by atoms with Crippen molar-refractivity contribution in [3.63, 3.8) is 0 Å². The van der Waals surface area contributed by atoms with Crippen LogP contribution in [0.4, 0.5) is 0 Å². The normalized spacial score (nSPS) is 20.1. The summed E-state index contributed by atoms with van der Waals surface area (Å²) in [6.07, 6.45) is 2.35. The summed E-state index contributed by atoms with van der Waals surface area (Å²) in [5, 5.41) is 12.9. The van der Waals surface area contributed by atoms with Crippen LogP contribution >= 0.6 is 0 Å². The van der Waals surface area contributed by atoms with E-state index in [0.717, 1.165) is 44.2 Å². The Morgan fingerprint density at radius 2 is 2.25 bits per heavy atom. The number of rotatable bonds is 5. The van der Waals surface area contributed by atoms with Gasteiger partial charge in [0.2, 0.25) is 0 Å². The molecule has 1 saturated heterocycles. The molecule has 16 heavy (non-hydrogen) atoms. The second-order valence-corrected chi connectivity index (χ2v) is 4.32. The summed E-state index contributed by atoms with van der Waals surface area (Å²) >= 11 is 0. The van der Waals surface area contributed by atoms with Crippen LogP contribution in [0.2, 0.25) is 0 Å². The van der Waals surface area contributed by atoms with E-state index in [1.807, 2.05) is 18.2 Å². The van der Waals surface area contributed by atoms with E-state index in [1.54, 1.807) is 6.07 Å². The minimum absolute atomic E-state index is 0.374. The van der Waals surface area contributed by atoms with Crippen molar-refractivity contribution >= 4 is 0 Å². The van der Waals surface area contributed by atoms with Crippen molar-refractivity contribution < 1.29 is 9.84 Å². The highest BCUT2D eigenvalue weighted by atomic mass is 16.5. The van der Waals surface area contributed by atoms with Gasteiger partial charge in [-0.25, -0.2) is 0 Å². The molecule has 1 fully saturated rings. The summed E-state index contributed by atoms with van der Waals surface area (Å²) < 4.78 is 5.32. The van der Waals surface area contributed by atoms with Crippen molar-refractivity contribution in [3.05, 3.63) is 29.8 Å². The fourth-order valence-electron chi connectivity index (χ4n) is 2.00. The van der Waals surface area contributed by atoms with Crippen LogP contribution in [0, 0.1) is 5.92 Å². The molecular weight excluding hydrogens is 202 g/mol. The standard InChI is InChI=1S/C13H19NO2/c15-13-4-2-1-3-12(13)9-14-7-5-11-6-8-16-10-11/h1-4,11,14-15H,5-10H2. The van der Waals surface area contributed by atoms with E-state index in [-0.39, 0.29) is 0 Å². The Hall–Kier alpha value is -1.06. The highest BCUT2D eigenvalue weighted by Gasteiger charge is 2.14. The molecule has 0 aliphatic carbocycles. The number of phenols is 1. The van der Waals surface area contributed by atoms with Crippen LogP contribution in [0.15, 0.2) is 24.3 Å². The highest BCUT2D eigenvalue weighted by Crippen LogP contribution is 2.17. The van der Waals surface area contributed by atoms with E-state index in [2.05, 4.69) is 5.32 Å². The predicted molar refractivity (Wildman–Crippen MR) is 63.4 cm³/mol. The van der Waals surface area contributed by atoms with Gasteiger partial charge in [0.1, 0.15) is 5.75 Å². The van der Waals surface area contributed by atoms with Crippen molar-refractivity contribution in [2.45, 2.75) is 19.4 Å². The van der Waals surface area contributed by atoms with E-state index < -0.39 is 0 Å². The predicted octanol–water partition coefficient (Wildman–Crippen LogP) is 1.91.